The summed E-state index contributed by atoms with van der Waals surface area (Å²) >= 11 is 0. The number of nitrogens with zero attached hydrogens (tertiary/aromatic N) is 1. The molecule has 3 rings (SSSR count). The van der Waals surface area contributed by atoms with Gasteiger partial charge >= 0.3 is 0 Å². The van der Waals surface area contributed by atoms with Gasteiger partial charge in [0.05, 0.1) is 5.69 Å². The van der Waals surface area contributed by atoms with E-state index in [-0.39, 0.29) is 6.04 Å². The summed E-state index contributed by atoms with van der Waals surface area (Å²) < 4.78 is 0. The maximum absolute atomic E-state index is 11.3. The van der Waals surface area contributed by atoms with E-state index in [1.54, 1.807) is 0 Å². The van der Waals surface area contributed by atoms with E-state index in [0.717, 1.165) is 11.1 Å². The lowest BCUT2D eigenvalue weighted by Gasteiger charge is -2.29. The zero-order valence-corrected chi connectivity index (χ0v) is 14.0. The second kappa shape index (κ2) is 7.28. The molecular formula is C21H21N2O. The second-order valence-corrected chi connectivity index (χ2v) is 5.96. The molecule has 0 spiro atoms. The molecule has 0 fully saturated rings. The van der Waals surface area contributed by atoms with E-state index in [1.165, 1.54) is 16.5 Å². The number of carbonyl (C=O) groups excluding carboxylic acids is 1. The van der Waals surface area contributed by atoms with Gasteiger partial charge in [0, 0.05) is 6.54 Å². The Balaban J connectivity index is 1.87. The highest BCUT2D eigenvalue weighted by molar-refractivity contribution is 5.86. The molecular weight excluding hydrogens is 296 g/mol. The fraction of sp³-hybridized carbons (Fsp3) is 0.190. The molecule has 0 unspecified atom stereocenters. The molecule has 24 heavy (non-hydrogen) atoms. The third-order valence-electron chi connectivity index (χ3n) is 4.27. The molecule has 0 aliphatic rings. The lowest BCUT2D eigenvalue weighted by Crippen LogP contribution is -2.45. The lowest BCUT2D eigenvalue weighted by atomic mass is 10.1. The maximum Gasteiger partial charge on any atom is 0.224 e. The third-order valence-corrected chi connectivity index (χ3v) is 4.27. The van der Waals surface area contributed by atoms with E-state index in [9.17, 15) is 4.79 Å². The minimum Gasteiger partial charge on any atom is -0.297 e. The first-order valence-corrected chi connectivity index (χ1v) is 8.13. The van der Waals surface area contributed by atoms with E-state index < -0.39 is 0 Å². The average molecular weight is 317 g/mol. The maximum atomic E-state index is 11.3. The summed E-state index contributed by atoms with van der Waals surface area (Å²) in [6.07, 6.45) is 2.08. The van der Waals surface area contributed by atoms with Gasteiger partial charge in [-0.1, -0.05) is 54.6 Å². The number of aryl methyl sites for hydroxylation is 1. The van der Waals surface area contributed by atoms with Crippen LogP contribution in [0.5, 0.6) is 0 Å². The molecule has 0 saturated carbocycles. The third kappa shape index (κ3) is 3.47. The molecule has 3 aromatic rings. The molecule has 1 radical (unpaired) electrons. The molecule has 1 N–H and O–H groups in total. The number of rotatable bonds is 6. The topological polar surface area (TPSA) is 32.3 Å². The van der Waals surface area contributed by atoms with Crippen molar-refractivity contribution in [2.75, 3.05) is 5.01 Å². The first-order chi connectivity index (χ1) is 11.7. The van der Waals surface area contributed by atoms with E-state index >= 15 is 0 Å². The van der Waals surface area contributed by atoms with E-state index in [0.29, 0.717) is 6.54 Å². The molecule has 121 valence electrons. The highest BCUT2D eigenvalue weighted by Gasteiger charge is 2.15. The molecule has 0 aliphatic carbocycles. The van der Waals surface area contributed by atoms with Crippen LogP contribution in [0.4, 0.5) is 5.69 Å². The van der Waals surface area contributed by atoms with Gasteiger partial charge < -0.3 is 0 Å². The van der Waals surface area contributed by atoms with Crippen LogP contribution in [-0.4, -0.2) is 12.3 Å². The monoisotopic (exact) mass is 317 g/mol. The zero-order chi connectivity index (χ0) is 16.9. The van der Waals surface area contributed by atoms with Crippen molar-refractivity contribution in [3.05, 3.63) is 77.9 Å². The number of hydrazine groups is 1. The largest absolute Gasteiger partial charge is 0.297 e. The van der Waals surface area contributed by atoms with Gasteiger partial charge in [-0.05, 0) is 47.9 Å². The van der Waals surface area contributed by atoms with Crippen LogP contribution in [0.3, 0.4) is 0 Å². The van der Waals surface area contributed by atoms with Gasteiger partial charge in [0.1, 0.15) is 6.04 Å². The number of benzene rings is 3. The van der Waals surface area contributed by atoms with Gasteiger partial charge in [-0.3, -0.25) is 9.80 Å². The Morgan fingerprint density at radius 3 is 2.46 bits per heavy atom. The molecule has 0 aliphatic heterocycles. The lowest BCUT2D eigenvalue weighted by molar-refractivity contribution is 0.521. The first-order valence-electron chi connectivity index (χ1n) is 8.13. The van der Waals surface area contributed by atoms with Crippen molar-refractivity contribution in [3.8, 4) is 0 Å². The Morgan fingerprint density at radius 2 is 1.71 bits per heavy atom. The van der Waals surface area contributed by atoms with E-state index in [4.69, 9.17) is 0 Å². The Labute approximate surface area is 142 Å². The van der Waals surface area contributed by atoms with E-state index in [1.807, 2.05) is 42.3 Å². The van der Waals surface area contributed by atoms with Crippen molar-refractivity contribution in [2.45, 2.75) is 26.4 Å². The summed E-state index contributed by atoms with van der Waals surface area (Å²) in [6, 6.07) is 22.3. The summed E-state index contributed by atoms with van der Waals surface area (Å²) in [5.41, 5.74) is 6.77. The molecule has 0 heterocycles. The summed E-state index contributed by atoms with van der Waals surface area (Å²) in [5, 5.41) is 4.21. The number of hydrogen-bond acceptors (Lipinski definition) is 3. The van der Waals surface area contributed by atoms with Crippen LogP contribution < -0.4 is 10.4 Å². The summed E-state index contributed by atoms with van der Waals surface area (Å²) in [5.74, 6) is 0. The number of anilines is 1. The van der Waals surface area contributed by atoms with Crippen LogP contribution >= 0.6 is 0 Å². The molecule has 3 heteroatoms. The normalized spacial score (nSPS) is 12.1. The summed E-state index contributed by atoms with van der Waals surface area (Å²) in [4.78, 5) is 11.3. The van der Waals surface area contributed by atoms with Crippen molar-refractivity contribution in [1.82, 2.24) is 5.43 Å². The Kier molecular flexibility index (Phi) is 4.92. The minimum absolute atomic E-state index is 0.379. The predicted octanol–water partition coefficient (Wildman–Crippen LogP) is 4.16. The van der Waals surface area contributed by atoms with Crippen molar-refractivity contribution in [2.24, 2.45) is 0 Å². The van der Waals surface area contributed by atoms with Crippen LogP contribution in [-0.2, 0) is 11.3 Å². The van der Waals surface area contributed by atoms with Gasteiger partial charge in [-0.2, -0.15) is 0 Å². The van der Waals surface area contributed by atoms with Crippen LogP contribution in [0.1, 0.15) is 18.1 Å². The first kappa shape index (κ1) is 16.2. The average Bonchev–Trinajstić information content (AvgIpc) is 2.63. The molecule has 0 saturated heterocycles. The van der Waals surface area contributed by atoms with Crippen LogP contribution in [0, 0.1) is 6.92 Å². The van der Waals surface area contributed by atoms with Crippen LogP contribution in [0.2, 0.25) is 0 Å². The smallest absolute Gasteiger partial charge is 0.224 e. The standard InChI is InChI=1S/C21H21N2O/c1-16-7-3-4-10-20(16)14-22-23(17(2)15-24)21-12-11-18-8-5-6-9-19(18)13-21/h3-13,17,22H,14H2,1-2H3/t17-/m0/s1. The molecule has 0 aromatic heterocycles. The fourth-order valence-electron chi connectivity index (χ4n) is 2.81. The Morgan fingerprint density at radius 1 is 1.00 bits per heavy atom. The van der Waals surface area contributed by atoms with Crippen molar-refractivity contribution in [1.29, 1.82) is 0 Å². The second-order valence-electron chi connectivity index (χ2n) is 5.96. The highest BCUT2D eigenvalue weighted by atomic mass is 16.1. The molecule has 3 aromatic carbocycles. The summed E-state index contributed by atoms with van der Waals surface area (Å²) in [7, 11) is 0. The highest BCUT2D eigenvalue weighted by Crippen LogP contribution is 2.22. The van der Waals surface area contributed by atoms with Crippen molar-refractivity contribution >= 4 is 22.7 Å². The number of nitrogens with one attached hydrogen (secondary N) is 1. The van der Waals surface area contributed by atoms with E-state index in [2.05, 4.69) is 55.0 Å². The van der Waals surface area contributed by atoms with Gasteiger partial charge in [0.2, 0.25) is 6.29 Å². The van der Waals surface area contributed by atoms with Gasteiger partial charge in [0.25, 0.3) is 0 Å². The SMILES string of the molecule is Cc1ccccc1CNN(c1ccc2ccccc2c1)[C@@H](C)[C]=O. The predicted molar refractivity (Wildman–Crippen MR) is 99.6 cm³/mol. The van der Waals surface area contributed by atoms with Crippen molar-refractivity contribution in [3.63, 3.8) is 0 Å². The zero-order valence-electron chi connectivity index (χ0n) is 14.0. The molecule has 0 bridgehead atoms. The van der Waals surface area contributed by atoms with Crippen molar-refractivity contribution < 1.29 is 4.79 Å². The quantitative estimate of drug-likeness (QED) is 0.693. The Bertz CT molecular complexity index is 844. The van der Waals surface area contributed by atoms with Crippen LogP contribution in [0.25, 0.3) is 10.8 Å². The van der Waals surface area contributed by atoms with Crippen LogP contribution in [0.15, 0.2) is 66.7 Å². The van der Waals surface area contributed by atoms with Gasteiger partial charge in [-0.15, -0.1) is 0 Å². The van der Waals surface area contributed by atoms with Gasteiger partial charge in [-0.25, -0.2) is 5.43 Å². The minimum atomic E-state index is -0.379. The summed E-state index contributed by atoms with van der Waals surface area (Å²) in [6.45, 7) is 4.59. The Hall–Kier alpha value is -2.65. The number of hydrogen-bond donors (Lipinski definition) is 1. The number of fused-ring (bicyclic) bond motifs is 1. The molecule has 0 amide bonds. The molecule has 3 nitrogen and oxygen atoms in total. The fourth-order valence-corrected chi connectivity index (χ4v) is 2.81. The van der Waals surface area contributed by atoms with Gasteiger partial charge in [0.15, 0.2) is 0 Å². The molecule has 1 atom stereocenters.